The van der Waals surface area contributed by atoms with Gasteiger partial charge in [-0.25, -0.2) is 22.7 Å². The summed E-state index contributed by atoms with van der Waals surface area (Å²) in [5.41, 5.74) is 0.0533. The number of carbonyl (C=O) groups excluding carboxylic acids is 1. The van der Waals surface area contributed by atoms with Crippen molar-refractivity contribution in [2.75, 3.05) is 26.4 Å². The Morgan fingerprint density at radius 1 is 1.43 bits per heavy atom. The highest BCUT2D eigenvalue weighted by molar-refractivity contribution is 7.89. The summed E-state index contributed by atoms with van der Waals surface area (Å²) in [6, 6.07) is 0. The van der Waals surface area contributed by atoms with Crippen LogP contribution < -0.4 is 5.32 Å². The van der Waals surface area contributed by atoms with Gasteiger partial charge in [0.15, 0.2) is 0 Å². The van der Waals surface area contributed by atoms with Gasteiger partial charge in [-0.15, -0.1) is 0 Å². The third kappa shape index (κ3) is 4.90. The molecule has 0 radical (unpaired) electrons. The number of hydrogen-bond donors (Lipinski definition) is 1. The maximum atomic E-state index is 12.0. The van der Waals surface area contributed by atoms with Gasteiger partial charge in [0.1, 0.15) is 11.5 Å². The minimum atomic E-state index is -3.35. The Balaban J connectivity index is 2.75. The summed E-state index contributed by atoms with van der Waals surface area (Å²) in [5.74, 6) is -0.141. The molecular weight excluding hydrogens is 316 g/mol. The summed E-state index contributed by atoms with van der Waals surface area (Å²) in [6.07, 6.45) is 1.37. The topological polar surface area (TPSA) is 92.3 Å². The Bertz CT molecular complexity index is 617. The van der Waals surface area contributed by atoms with Crippen molar-refractivity contribution in [1.29, 1.82) is 0 Å². The summed E-state index contributed by atoms with van der Waals surface area (Å²) >= 11 is 5.90. The number of halogens is 1. The largest absolute Gasteiger partial charge is 0.350 e. The van der Waals surface area contributed by atoms with Gasteiger partial charge in [-0.3, -0.25) is 4.79 Å². The molecule has 1 rings (SSSR count). The van der Waals surface area contributed by atoms with Crippen LogP contribution in [0.4, 0.5) is 0 Å². The van der Waals surface area contributed by atoms with Gasteiger partial charge in [0.2, 0.25) is 10.0 Å². The second-order valence-corrected chi connectivity index (χ2v) is 7.64. The molecule has 0 aromatic carbocycles. The molecular formula is C12H19ClN4O3S. The van der Waals surface area contributed by atoms with Crippen molar-refractivity contribution >= 4 is 27.5 Å². The minimum Gasteiger partial charge on any atom is -0.350 e. The molecule has 0 unspecified atom stereocenters. The molecule has 1 N–H and O–H groups in total. The third-order valence-corrected chi connectivity index (χ3v) is 4.81. The molecule has 1 aromatic rings. The van der Waals surface area contributed by atoms with E-state index in [2.05, 4.69) is 15.3 Å². The molecule has 21 heavy (non-hydrogen) atoms. The quantitative estimate of drug-likeness (QED) is 0.833. The molecule has 0 aliphatic heterocycles. The number of carbonyl (C=O) groups is 1. The van der Waals surface area contributed by atoms with Gasteiger partial charge in [-0.2, -0.15) is 0 Å². The van der Waals surface area contributed by atoms with E-state index in [0.29, 0.717) is 5.82 Å². The molecule has 1 aromatic heterocycles. The predicted octanol–water partition coefficient (Wildman–Crippen LogP) is 0.875. The normalized spacial score (nSPS) is 12.0. The number of nitrogens with one attached hydrogen (secondary N) is 1. The molecule has 9 heteroatoms. The van der Waals surface area contributed by atoms with Gasteiger partial charge in [0.05, 0.1) is 17.0 Å². The number of hydrogen-bond acceptors (Lipinski definition) is 5. The number of amides is 1. The van der Waals surface area contributed by atoms with Crippen LogP contribution in [-0.2, 0) is 10.0 Å². The summed E-state index contributed by atoms with van der Waals surface area (Å²) in [7, 11) is -0.479. The van der Waals surface area contributed by atoms with E-state index in [0.717, 1.165) is 4.31 Å². The van der Waals surface area contributed by atoms with Crippen LogP contribution in [0.15, 0.2) is 6.20 Å². The molecule has 0 saturated heterocycles. The highest BCUT2D eigenvalue weighted by Gasteiger charge is 2.17. The fourth-order valence-electron chi connectivity index (χ4n) is 1.38. The predicted molar refractivity (Wildman–Crippen MR) is 80.9 cm³/mol. The maximum absolute atomic E-state index is 12.0. The first-order valence-electron chi connectivity index (χ1n) is 6.36. The first-order chi connectivity index (χ1) is 9.65. The fourth-order valence-corrected chi connectivity index (χ4v) is 2.28. The monoisotopic (exact) mass is 334 g/mol. The number of aromatic nitrogens is 2. The Labute approximate surface area is 129 Å². The van der Waals surface area contributed by atoms with Crippen molar-refractivity contribution in [3.05, 3.63) is 22.7 Å². The summed E-state index contributed by atoms with van der Waals surface area (Å²) < 4.78 is 24.3. The first kappa shape index (κ1) is 17.8. The molecule has 118 valence electrons. The van der Waals surface area contributed by atoms with Gasteiger partial charge >= 0.3 is 0 Å². The number of nitrogens with zero attached hydrogens (tertiary/aromatic N) is 3. The number of rotatable bonds is 6. The Kier molecular flexibility index (Phi) is 6.06. The van der Waals surface area contributed by atoms with Crippen molar-refractivity contribution in [3.8, 4) is 0 Å². The summed E-state index contributed by atoms with van der Waals surface area (Å²) in [6.45, 7) is 3.78. The average Bonchev–Trinajstić information content (AvgIpc) is 2.38. The lowest BCUT2D eigenvalue weighted by atomic mass is 10.2. The highest BCUT2D eigenvalue weighted by Crippen LogP contribution is 2.16. The lowest BCUT2D eigenvalue weighted by molar-refractivity contribution is 0.0950. The molecule has 0 saturated carbocycles. The fraction of sp³-hybridized carbons (Fsp3) is 0.583. The van der Waals surface area contributed by atoms with Crippen LogP contribution in [0.1, 0.15) is 36.1 Å². The van der Waals surface area contributed by atoms with Crippen molar-refractivity contribution < 1.29 is 13.2 Å². The van der Waals surface area contributed by atoms with E-state index in [1.54, 1.807) is 0 Å². The molecule has 0 aliphatic rings. The molecule has 0 atom stereocenters. The second kappa shape index (κ2) is 7.15. The molecule has 7 nitrogen and oxygen atoms in total. The van der Waals surface area contributed by atoms with Crippen LogP contribution in [0.3, 0.4) is 0 Å². The molecule has 1 amide bonds. The molecule has 0 spiro atoms. The summed E-state index contributed by atoms with van der Waals surface area (Å²) in [4.78, 5) is 20.1. The Morgan fingerprint density at radius 3 is 2.57 bits per heavy atom. The average molecular weight is 335 g/mol. The zero-order valence-electron chi connectivity index (χ0n) is 12.4. The Morgan fingerprint density at radius 2 is 2.05 bits per heavy atom. The van der Waals surface area contributed by atoms with E-state index >= 15 is 0 Å². The molecule has 0 bridgehead atoms. The molecule has 1 heterocycles. The van der Waals surface area contributed by atoms with Gasteiger partial charge in [0.25, 0.3) is 5.91 Å². The van der Waals surface area contributed by atoms with Crippen LogP contribution in [0, 0.1) is 0 Å². The van der Waals surface area contributed by atoms with E-state index in [9.17, 15) is 13.2 Å². The lowest BCUT2D eigenvalue weighted by Gasteiger charge is -2.12. The van der Waals surface area contributed by atoms with Gasteiger partial charge in [-0.1, -0.05) is 25.4 Å². The highest BCUT2D eigenvalue weighted by atomic mass is 35.5. The van der Waals surface area contributed by atoms with Gasteiger partial charge < -0.3 is 5.32 Å². The van der Waals surface area contributed by atoms with Crippen molar-refractivity contribution in [3.63, 3.8) is 0 Å². The lowest BCUT2D eigenvalue weighted by Crippen LogP contribution is -2.34. The third-order valence-electron chi connectivity index (χ3n) is 2.70. The Hall–Kier alpha value is -1.25. The van der Waals surface area contributed by atoms with Crippen LogP contribution in [0.2, 0.25) is 5.02 Å². The maximum Gasteiger partial charge on any atom is 0.271 e. The van der Waals surface area contributed by atoms with Gasteiger partial charge in [0, 0.05) is 26.6 Å². The summed E-state index contributed by atoms with van der Waals surface area (Å²) in [5, 5.41) is 2.63. The van der Waals surface area contributed by atoms with Crippen LogP contribution in [0.25, 0.3) is 0 Å². The second-order valence-electron chi connectivity index (χ2n) is 4.93. The standard InChI is InChI=1S/C12H19ClN4O3S/c1-8(2)11-15-7-9(13)10(16-11)12(18)14-5-6-21(19,20)17(3)4/h7-8H,5-6H2,1-4H3,(H,14,18). The van der Waals surface area contributed by atoms with Crippen molar-refractivity contribution in [1.82, 2.24) is 19.6 Å². The smallest absolute Gasteiger partial charge is 0.271 e. The van der Waals surface area contributed by atoms with E-state index in [4.69, 9.17) is 11.6 Å². The van der Waals surface area contributed by atoms with Crippen LogP contribution >= 0.6 is 11.6 Å². The molecule has 0 fully saturated rings. The van der Waals surface area contributed by atoms with Crippen LogP contribution in [0.5, 0.6) is 0 Å². The van der Waals surface area contributed by atoms with E-state index < -0.39 is 15.9 Å². The van der Waals surface area contributed by atoms with Crippen molar-refractivity contribution in [2.45, 2.75) is 19.8 Å². The first-order valence-corrected chi connectivity index (χ1v) is 8.34. The van der Waals surface area contributed by atoms with E-state index in [-0.39, 0.29) is 28.9 Å². The van der Waals surface area contributed by atoms with Crippen molar-refractivity contribution in [2.24, 2.45) is 0 Å². The number of sulfonamides is 1. The van der Waals surface area contributed by atoms with Gasteiger partial charge in [-0.05, 0) is 0 Å². The zero-order valence-corrected chi connectivity index (χ0v) is 14.0. The SMILES string of the molecule is CC(C)c1ncc(Cl)c(C(=O)NCCS(=O)(=O)N(C)C)n1. The van der Waals surface area contributed by atoms with Crippen LogP contribution in [-0.4, -0.2) is 55.0 Å². The van der Waals surface area contributed by atoms with E-state index in [1.165, 1.54) is 20.3 Å². The molecule has 0 aliphatic carbocycles. The van der Waals surface area contributed by atoms with E-state index in [1.807, 2.05) is 13.8 Å². The zero-order chi connectivity index (χ0) is 16.2. The minimum absolute atomic E-state index is 0.0172.